The van der Waals surface area contributed by atoms with Crippen LogP contribution in [0.3, 0.4) is 0 Å². The fourth-order valence-corrected chi connectivity index (χ4v) is 3.79. The van der Waals surface area contributed by atoms with E-state index in [-0.39, 0.29) is 24.3 Å². The van der Waals surface area contributed by atoms with Gasteiger partial charge in [-0.1, -0.05) is 0 Å². The highest BCUT2D eigenvalue weighted by molar-refractivity contribution is 6.05. The predicted molar refractivity (Wildman–Crippen MR) is 90.2 cm³/mol. The molecule has 1 aliphatic rings. The molecule has 3 aromatic rings. The zero-order valence-electron chi connectivity index (χ0n) is 13.4. The number of likely N-dealkylation sites (tertiary alicyclic amines) is 1. The summed E-state index contributed by atoms with van der Waals surface area (Å²) in [6.45, 7) is 2.70. The number of carbonyl (C=O) groups is 1. The summed E-state index contributed by atoms with van der Waals surface area (Å²) in [4.78, 5) is 26.0. The third kappa shape index (κ3) is 2.21. The number of nitrogens with one attached hydrogen (secondary N) is 1. The smallest absolute Gasteiger partial charge is 0.237 e. The van der Waals surface area contributed by atoms with Crippen molar-refractivity contribution >= 4 is 27.8 Å². The summed E-state index contributed by atoms with van der Waals surface area (Å²) in [5, 5.41) is 11.0. The van der Waals surface area contributed by atoms with E-state index in [2.05, 4.69) is 15.0 Å². The van der Waals surface area contributed by atoms with Crippen molar-refractivity contribution in [3.63, 3.8) is 0 Å². The van der Waals surface area contributed by atoms with Gasteiger partial charge in [-0.3, -0.25) is 9.78 Å². The molecule has 0 aromatic carbocycles. The van der Waals surface area contributed by atoms with Gasteiger partial charge in [0.25, 0.3) is 0 Å². The fraction of sp³-hybridized carbons (Fsp3) is 0.333. The lowest BCUT2D eigenvalue weighted by Gasteiger charge is -2.20. The summed E-state index contributed by atoms with van der Waals surface area (Å²) < 4.78 is 0. The maximum absolute atomic E-state index is 12.1. The molecule has 24 heavy (non-hydrogen) atoms. The van der Waals surface area contributed by atoms with Gasteiger partial charge >= 0.3 is 0 Å². The number of aromatic nitrogens is 3. The quantitative estimate of drug-likeness (QED) is 0.787. The molecule has 1 N–H and O–H groups in total. The number of rotatable bonds is 2. The number of aromatic amines is 1. The van der Waals surface area contributed by atoms with Crippen molar-refractivity contribution in [1.29, 1.82) is 5.26 Å². The number of nitriles is 1. The summed E-state index contributed by atoms with van der Waals surface area (Å²) in [6.07, 6.45) is 6.31. The molecule has 0 aliphatic carbocycles. The van der Waals surface area contributed by atoms with Gasteiger partial charge in [0.1, 0.15) is 12.1 Å². The molecule has 0 bridgehead atoms. The van der Waals surface area contributed by atoms with E-state index < -0.39 is 0 Å². The first kappa shape index (κ1) is 14.6. The summed E-state index contributed by atoms with van der Waals surface area (Å²) >= 11 is 0. The van der Waals surface area contributed by atoms with Crippen LogP contribution in [0.15, 0.2) is 30.7 Å². The second-order valence-electron chi connectivity index (χ2n) is 6.32. The summed E-state index contributed by atoms with van der Waals surface area (Å²) in [5.74, 6) is 0.160. The van der Waals surface area contributed by atoms with Crippen molar-refractivity contribution in [1.82, 2.24) is 19.9 Å². The average Bonchev–Trinajstić information content (AvgIpc) is 3.20. The van der Waals surface area contributed by atoms with Crippen molar-refractivity contribution in [2.24, 2.45) is 0 Å². The first-order valence-electron chi connectivity index (χ1n) is 8.06. The van der Waals surface area contributed by atoms with E-state index in [0.717, 1.165) is 28.4 Å². The molecule has 1 amide bonds. The van der Waals surface area contributed by atoms with Crippen LogP contribution in [-0.2, 0) is 4.79 Å². The van der Waals surface area contributed by atoms with Crippen LogP contribution in [0.1, 0.15) is 31.2 Å². The van der Waals surface area contributed by atoms with Crippen LogP contribution < -0.4 is 0 Å². The summed E-state index contributed by atoms with van der Waals surface area (Å²) in [6, 6.07) is 6.16. The van der Waals surface area contributed by atoms with Crippen molar-refractivity contribution in [3.05, 3.63) is 36.3 Å². The van der Waals surface area contributed by atoms with Gasteiger partial charge in [-0.25, -0.2) is 4.98 Å². The van der Waals surface area contributed by atoms with Crippen LogP contribution in [0.2, 0.25) is 0 Å². The minimum atomic E-state index is -0.0840. The molecular formula is C18H17N5O. The fourth-order valence-electron chi connectivity index (χ4n) is 3.79. The molecule has 0 radical (unpaired) electrons. The van der Waals surface area contributed by atoms with Gasteiger partial charge in [0.15, 0.2) is 0 Å². The Morgan fingerprint density at radius 2 is 2.33 bits per heavy atom. The molecule has 120 valence electrons. The minimum Gasteiger partial charge on any atom is -0.346 e. The van der Waals surface area contributed by atoms with Gasteiger partial charge < -0.3 is 9.88 Å². The maximum atomic E-state index is 12.1. The van der Waals surface area contributed by atoms with Gasteiger partial charge in [-0.05, 0) is 31.0 Å². The van der Waals surface area contributed by atoms with Crippen molar-refractivity contribution in [2.45, 2.75) is 31.7 Å². The Balaban J connectivity index is 1.79. The lowest BCUT2D eigenvalue weighted by molar-refractivity contribution is -0.130. The van der Waals surface area contributed by atoms with Gasteiger partial charge in [0, 0.05) is 41.7 Å². The molecule has 6 heteroatoms. The molecule has 6 nitrogen and oxygen atoms in total. The van der Waals surface area contributed by atoms with E-state index in [1.54, 1.807) is 6.20 Å². The Bertz CT molecular complexity index is 970. The average molecular weight is 319 g/mol. The van der Waals surface area contributed by atoms with E-state index in [1.165, 1.54) is 5.56 Å². The number of carbonyl (C=O) groups excluding carboxylic acids is 1. The minimum absolute atomic E-state index is 0.0554. The zero-order chi connectivity index (χ0) is 16.7. The van der Waals surface area contributed by atoms with E-state index >= 15 is 0 Å². The summed E-state index contributed by atoms with van der Waals surface area (Å²) in [5.41, 5.74) is 2.92. The number of H-pyrrole nitrogens is 1. The second-order valence-corrected chi connectivity index (χ2v) is 6.32. The predicted octanol–water partition coefficient (Wildman–Crippen LogP) is 2.73. The van der Waals surface area contributed by atoms with Crippen molar-refractivity contribution < 1.29 is 4.79 Å². The van der Waals surface area contributed by atoms with Crippen LogP contribution in [0.5, 0.6) is 0 Å². The van der Waals surface area contributed by atoms with Gasteiger partial charge in [-0.15, -0.1) is 0 Å². The molecule has 1 unspecified atom stereocenters. The van der Waals surface area contributed by atoms with Crippen LogP contribution in [0, 0.1) is 11.3 Å². The molecule has 1 aliphatic heterocycles. The maximum Gasteiger partial charge on any atom is 0.237 e. The largest absolute Gasteiger partial charge is 0.346 e. The number of amides is 1. The Kier molecular flexibility index (Phi) is 3.42. The Labute approximate surface area is 139 Å². The standard InChI is InChI=1S/C18H17N5O/c1-11-8-12(10-23(11)16(24)2-5-19)13-3-6-20-15-9-22-18-14(17(13)15)4-7-21-18/h3-4,6-7,9,11-12H,2,8,10H2,1H3,(H,21,22)/t11-,12?/m0/s1. The molecule has 2 atom stereocenters. The van der Waals surface area contributed by atoms with Crippen LogP contribution in [0.4, 0.5) is 0 Å². The third-order valence-corrected chi connectivity index (χ3v) is 4.89. The molecule has 1 saturated heterocycles. The van der Waals surface area contributed by atoms with Gasteiger partial charge in [-0.2, -0.15) is 5.26 Å². The second kappa shape index (κ2) is 5.60. The lowest BCUT2D eigenvalue weighted by Crippen LogP contribution is -2.33. The third-order valence-electron chi connectivity index (χ3n) is 4.89. The molecular weight excluding hydrogens is 302 g/mol. The Morgan fingerprint density at radius 1 is 1.46 bits per heavy atom. The molecule has 0 saturated carbocycles. The number of hydrogen-bond acceptors (Lipinski definition) is 4. The SMILES string of the molecule is C[C@H]1CC(c2ccnc3cnc4[nH]ccc4c23)CN1C(=O)CC#N. The van der Waals surface area contributed by atoms with E-state index in [1.807, 2.05) is 42.4 Å². The Hall–Kier alpha value is -2.94. The van der Waals surface area contributed by atoms with E-state index in [4.69, 9.17) is 5.26 Å². The lowest BCUT2D eigenvalue weighted by atomic mass is 9.93. The van der Waals surface area contributed by atoms with Crippen LogP contribution in [-0.4, -0.2) is 38.3 Å². The van der Waals surface area contributed by atoms with Crippen molar-refractivity contribution in [2.75, 3.05) is 6.54 Å². The number of hydrogen-bond donors (Lipinski definition) is 1. The molecule has 1 fully saturated rings. The molecule has 3 aromatic heterocycles. The molecule has 4 heterocycles. The zero-order valence-corrected chi connectivity index (χ0v) is 13.4. The summed E-state index contributed by atoms with van der Waals surface area (Å²) in [7, 11) is 0. The highest BCUT2D eigenvalue weighted by Gasteiger charge is 2.34. The van der Waals surface area contributed by atoms with Gasteiger partial charge in [0.2, 0.25) is 5.91 Å². The molecule has 0 spiro atoms. The van der Waals surface area contributed by atoms with E-state index in [0.29, 0.717) is 6.54 Å². The first-order valence-corrected chi connectivity index (χ1v) is 8.06. The normalized spacial score (nSPS) is 20.6. The number of fused-ring (bicyclic) bond motifs is 3. The van der Waals surface area contributed by atoms with Gasteiger partial charge in [0.05, 0.1) is 17.8 Å². The highest BCUT2D eigenvalue weighted by Crippen LogP contribution is 2.37. The topological polar surface area (TPSA) is 85.7 Å². The monoisotopic (exact) mass is 319 g/mol. The van der Waals surface area contributed by atoms with Crippen molar-refractivity contribution in [3.8, 4) is 6.07 Å². The van der Waals surface area contributed by atoms with E-state index in [9.17, 15) is 4.79 Å². The highest BCUT2D eigenvalue weighted by atomic mass is 16.2. The number of nitrogens with zero attached hydrogens (tertiary/aromatic N) is 4. The first-order chi connectivity index (χ1) is 11.7. The number of pyridine rings is 2. The molecule has 4 rings (SSSR count). The Morgan fingerprint density at radius 3 is 3.17 bits per heavy atom. The van der Waals surface area contributed by atoms with Crippen LogP contribution >= 0.6 is 0 Å². The van der Waals surface area contributed by atoms with Crippen LogP contribution in [0.25, 0.3) is 21.9 Å².